The predicted octanol–water partition coefficient (Wildman–Crippen LogP) is 2.44. The molecule has 1 aromatic heterocycles. The largest absolute Gasteiger partial charge is 0.370 e. The van der Waals surface area contributed by atoms with Crippen LogP contribution in [0.15, 0.2) is 18.5 Å². The number of hydrogen-bond donors (Lipinski definition) is 0. The van der Waals surface area contributed by atoms with Crippen LogP contribution < -0.4 is 4.90 Å². The number of amides is 1. The monoisotopic (exact) mass is 345 g/mol. The molecular weight excluding hydrogens is 318 g/mol. The summed E-state index contributed by atoms with van der Waals surface area (Å²) in [6.45, 7) is 4.78. The summed E-state index contributed by atoms with van der Waals surface area (Å²) in [5, 5.41) is 0. The van der Waals surface area contributed by atoms with Crippen LogP contribution in [0, 0.1) is 0 Å². The van der Waals surface area contributed by atoms with Crippen molar-refractivity contribution in [2.75, 3.05) is 44.3 Å². The van der Waals surface area contributed by atoms with E-state index in [1.807, 2.05) is 17.2 Å². The first-order valence-corrected chi connectivity index (χ1v) is 9.53. The lowest BCUT2D eigenvalue weighted by Gasteiger charge is -2.37. The molecule has 0 aromatic carbocycles. The number of pyridine rings is 1. The van der Waals surface area contributed by atoms with Crippen LogP contribution >= 0.6 is 0 Å². The van der Waals surface area contributed by atoms with Crippen molar-refractivity contribution < 1.29 is 14.3 Å². The molecule has 25 heavy (non-hydrogen) atoms. The summed E-state index contributed by atoms with van der Waals surface area (Å²) < 4.78 is 11.5. The third kappa shape index (κ3) is 3.65. The van der Waals surface area contributed by atoms with Crippen molar-refractivity contribution in [1.29, 1.82) is 0 Å². The maximum absolute atomic E-state index is 12.9. The minimum atomic E-state index is -0.442. The number of aromatic nitrogens is 1. The van der Waals surface area contributed by atoms with E-state index in [1.165, 1.54) is 25.7 Å². The summed E-state index contributed by atoms with van der Waals surface area (Å²) >= 11 is 0. The number of hydrogen-bond acceptors (Lipinski definition) is 5. The van der Waals surface area contributed by atoms with E-state index >= 15 is 0 Å². The molecule has 1 aromatic rings. The average Bonchev–Trinajstić information content (AvgIpc) is 2.94. The van der Waals surface area contributed by atoms with Crippen molar-refractivity contribution in [3.8, 4) is 0 Å². The Morgan fingerprint density at radius 2 is 1.64 bits per heavy atom. The zero-order chi connectivity index (χ0) is 17.1. The van der Waals surface area contributed by atoms with Crippen molar-refractivity contribution in [2.45, 2.75) is 44.3 Å². The Morgan fingerprint density at radius 3 is 2.32 bits per heavy atom. The Kier molecular flexibility index (Phi) is 4.90. The van der Waals surface area contributed by atoms with E-state index in [1.54, 1.807) is 6.20 Å². The lowest BCUT2D eigenvalue weighted by Crippen LogP contribution is -2.47. The van der Waals surface area contributed by atoms with Gasteiger partial charge < -0.3 is 19.3 Å². The van der Waals surface area contributed by atoms with Crippen LogP contribution in [0.4, 0.5) is 5.69 Å². The Bertz CT molecular complexity index is 598. The Labute approximate surface area is 149 Å². The van der Waals surface area contributed by atoms with E-state index in [9.17, 15) is 4.79 Å². The molecule has 0 bridgehead atoms. The van der Waals surface area contributed by atoms with Crippen LogP contribution in [0.25, 0.3) is 0 Å². The van der Waals surface area contributed by atoms with Gasteiger partial charge in [0.05, 0.1) is 30.7 Å². The number of carbonyl (C=O) groups excluding carboxylic acids is 1. The number of ether oxygens (including phenoxy) is 2. The lowest BCUT2D eigenvalue weighted by atomic mass is 10.0. The lowest BCUT2D eigenvalue weighted by molar-refractivity contribution is -0.181. The summed E-state index contributed by atoms with van der Waals surface area (Å²) in [6, 6.07) is 2.01. The zero-order valence-electron chi connectivity index (χ0n) is 14.8. The number of anilines is 1. The Morgan fingerprint density at radius 1 is 0.960 bits per heavy atom. The first-order valence-electron chi connectivity index (χ1n) is 9.53. The van der Waals surface area contributed by atoms with Crippen LogP contribution in [-0.2, 0) is 9.47 Å². The predicted molar refractivity (Wildman–Crippen MR) is 94.7 cm³/mol. The van der Waals surface area contributed by atoms with Gasteiger partial charge in [0.25, 0.3) is 5.91 Å². The molecule has 4 rings (SSSR count). The molecule has 4 heterocycles. The molecule has 6 heteroatoms. The molecule has 0 N–H and O–H groups in total. The van der Waals surface area contributed by atoms with Gasteiger partial charge in [-0.15, -0.1) is 0 Å². The molecule has 3 saturated heterocycles. The molecule has 1 amide bonds. The quantitative estimate of drug-likeness (QED) is 0.824. The summed E-state index contributed by atoms with van der Waals surface area (Å²) in [7, 11) is 0. The number of carbonyl (C=O) groups is 1. The van der Waals surface area contributed by atoms with E-state index in [-0.39, 0.29) is 5.91 Å². The highest BCUT2D eigenvalue weighted by molar-refractivity contribution is 5.94. The van der Waals surface area contributed by atoms with Crippen molar-refractivity contribution in [3.05, 3.63) is 24.0 Å². The third-order valence-corrected chi connectivity index (χ3v) is 5.57. The number of likely N-dealkylation sites (tertiary alicyclic amines) is 1. The highest BCUT2D eigenvalue weighted by Crippen LogP contribution is 2.32. The van der Waals surface area contributed by atoms with E-state index in [0.29, 0.717) is 31.9 Å². The first kappa shape index (κ1) is 16.8. The first-order chi connectivity index (χ1) is 12.3. The van der Waals surface area contributed by atoms with Crippen LogP contribution in [0.3, 0.4) is 0 Å². The molecule has 0 saturated carbocycles. The summed E-state index contributed by atoms with van der Waals surface area (Å²) in [4.78, 5) is 21.5. The molecule has 3 aliphatic rings. The highest BCUT2D eigenvalue weighted by Gasteiger charge is 2.40. The van der Waals surface area contributed by atoms with Gasteiger partial charge in [0.15, 0.2) is 5.79 Å². The number of rotatable bonds is 2. The van der Waals surface area contributed by atoms with Crippen molar-refractivity contribution in [2.24, 2.45) is 0 Å². The molecule has 0 radical (unpaired) electrons. The molecule has 1 spiro atoms. The van der Waals surface area contributed by atoms with E-state index < -0.39 is 5.79 Å². The van der Waals surface area contributed by atoms with Crippen LogP contribution in [0.5, 0.6) is 0 Å². The van der Waals surface area contributed by atoms with E-state index in [4.69, 9.17) is 9.47 Å². The van der Waals surface area contributed by atoms with Crippen molar-refractivity contribution >= 4 is 11.6 Å². The topological polar surface area (TPSA) is 54.9 Å². The van der Waals surface area contributed by atoms with Gasteiger partial charge in [0.2, 0.25) is 0 Å². The second kappa shape index (κ2) is 7.30. The zero-order valence-corrected chi connectivity index (χ0v) is 14.8. The molecular formula is C19H27N3O3. The Hall–Kier alpha value is -1.66. The fourth-order valence-corrected chi connectivity index (χ4v) is 4.07. The number of piperidine rings is 1. The summed E-state index contributed by atoms with van der Waals surface area (Å²) in [6.07, 6.45) is 10.1. The molecule has 136 valence electrons. The standard InChI is InChI=1S/C19H27N3O3/c23-18(22-9-5-19(6-10-22)24-11-12-25-19)16-13-17(15-20-14-16)21-7-3-1-2-4-8-21/h13-15H,1-12H2. The van der Waals surface area contributed by atoms with Crippen LogP contribution in [0.1, 0.15) is 48.9 Å². The van der Waals surface area contributed by atoms with Gasteiger partial charge in [0, 0.05) is 45.2 Å². The summed E-state index contributed by atoms with van der Waals surface area (Å²) in [5.74, 6) is -0.375. The third-order valence-electron chi connectivity index (χ3n) is 5.57. The van der Waals surface area contributed by atoms with Gasteiger partial charge in [-0.1, -0.05) is 12.8 Å². The maximum Gasteiger partial charge on any atom is 0.255 e. The fourth-order valence-electron chi connectivity index (χ4n) is 4.07. The molecule has 0 unspecified atom stereocenters. The van der Waals surface area contributed by atoms with Crippen LogP contribution in [0.2, 0.25) is 0 Å². The second-order valence-corrected chi connectivity index (χ2v) is 7.23. The SMILES string of the molecule is O=C(c1cncc(N2CCCCCC2)c1)N1CCC2(CC1)OCCO2. The fraction of sp³-hybridized carbons (Fsp3) is 0.684. The maximum atomic E-state index is 12.9. The average molecular weight is 345 g/mol. The molecule has 0 aliphatic carbocycles. The normalized spacial score (nSPS) is 23.7. The van der Waals surface area contributed by atoms with Gasteiger partial charge in [-0.2, -0.15) is 0 Å². The van der Waals surface area contributed by atoms with Gasteiger partial charge in [-0.25, -0.2) is 0 Å². The van der Waals surface area contributed by atoms with Crippen molar-refractivity contribution in [1.82, 2.24) is 9.88 Å². The summed E-state index contributed by atoms with van der Waals surface area (Å²) in [5.41, 5.74) is 1.76. The molecule has 0 atom stereocenters. The highest BCUT2D eigenvalue weighted by atomic mass is 16.7. The number of nitrogens with zero attached hydrogens (tertiary/aromatic N) is 3. The van der Waals surface area contributed by atoms with Gasteiger partial charge in [-0.05, 0) is 18.9 Å². The van der Waals surface area contributed by atoms with Gasteiger partial charge in [0.1, 0.15) is 0 Å². The van der Waals surface area contributed by atoms with E-state index in [2.05, 4.69) is 9.88 Å². The smallest absolute Gasteiger partial charge is 0.255 e. The van der Waals surface area contributed by atoms with Gasteiger partial charge in [-0.3, -0.25) is 9.78 Å². The molecule has 3 fully saturated rings. The molecule has 6 nitrogen and oxygen atoms in total. The molecule has 3 aliphatic heterocycles. The Balaban J connectivity index is 1.42. The van der Waals surface area contributed by atoms with Gasteiger partial charge >= 0.3 is 0 Å². The van der Waals surface area contributed by atoms with E-state index in [0.717, 1.165) is 31.6 Å². The van der Waals surface area contributed by atoms with Crippen LogP contribution in [-0.4, -0.2) is 61.0 Å². The second-order valence-electron chi connectivity index (χ2n) is 7.23. The minimum Gasteiger partial charge on any atom is -0.370 e. The van der Waals surface area contributed by atoms with Crippen molar-refractivity contribution in [3.63, 3.8) is 0 Å². The minimum absolute atomic E-state index is 0.0667.